The Morgan fingerprint density at radius 2 is 2.08 bits per heavy atom. The van der Waals surface area contributed by atoms with Gasteiger partial charge in [-0.3, -0.25) is 0 Å². The number of hydrogen-bond acceptors (Lipinski definition) is 2. The molecule has 0 rings (SSSR count). The Kier molecular flexibility index (Phi) is 5.70. The number of rotatable bonds is 4. The summed E-state index contributed by atoms with van der Waals surface area (Å²) in [6, 6.07) is 0. The van der Waals surface area contributed by atoms with Gasteiger partial charge < -0.3 is 10.7 Å². The first-order valence-electron chi connectivity index (χ1n) is 3.93. The first-order chi connectivity index (χ1) is 5.74. The molecule has 0 spiro atoms. The van der Waals surface area contributed by atoms with Gasteiger partial charge in [0, 0.05) is 25.0 Å². The highest BCUT2D eigenvalue weighted by Crippen LogP contribution is 2.00. The Morgan fingerprint density at radius 3 is 2.50 bits per heavy atom. The van der Waals surface area contributed by atoms with Crippen molar-refractivity contribution in [1.29, 1.82) is 5.41 Å². The molecule has 0 fully saturated rings. The van der Waals surface area contributed by atoms with Crippen LogP contribution in [0.2, 0.25) is 0 Å². The fraction of sp³-hybridized carbons (Fsp3) is 0.300. The molecule has 2 N–H and O–H groups in total. The maximum atomic E-state index is 7.09. The van der Waals surface area contributed by atoms with Crippen LogP contribution >= 0.6 is 0 Å². The second-order valence-electron chi connectivity index (χ2n) is 2.47. The highest BCUT2D eigenvalue weighted by Gasteiger charge is 1.86. The van der Waals surface area contributed by atoms with Crippen LogP contribution in [0, 0.1) is 5.41 Å². The molecule has 0 atom stereocenters. The van der Waals surface area contributed by atoms with E-state index in [2.05, 4.69) is 5.32 Å². The zero-order valence-corrected chi connectivity index (χ0v) is 7.89. The van der Waals surface area contributed by atoms with Gasteiger partial charge in [0.2, 0.25) is 0 Å². The lowest BCUT2D eigenvalue weighted by molar-refractivity contribution is 1.10. The van der Waals surface area contributed by atoms with E-state index in [0.717, 1.165) is 11.1 Å². The lowest BCUT2D eigenvalue weighted by Crippen LogP contribution is -1.95. The van der Waals surface area contributed by atoms with E-state index >= 15 is 0 Å². The Hall–Kier alpha value is -1.31. The molecule has 0 amide bonds. The van der Waals surface area contributed by atoms with Crippen molar-refractivity contribution in [3.63, 3.8) is 0 Å². The molecule has 0 aromatic carbocycles. The lowest BCUT2D eigenvalue weighted by atomic mass is 10.2. The first-order valence-corrected chi connectivity index (χ1v) is 3.93. The molecule has 66 valence electrons. The van der Waals surface area contributed by atoms with E-state index in [0.29, 0.717) is 0 Å². The van der Waals surface area contributed by atoms with Gasteiger partial charge >= 0.3 is 0 Å². The summed E-state index contributed by atoms with van der Waals surface area (Å²) in [6.45, 7) is 3.98. The van der Waals surface area contributed by atoms with Gasteiger partial charge in [0.1, 0.15) is 0 Å². The predicted molar refractivity (Wildman–Crippen MR) is 54.5 cm³/mol. The molecule has 0 unspecified atom stereocenters. The van der Waals surface area contributed by atoms with E-state index in [1.165, 1.54) is 6.21 Å². The summed E-state index contributed by atoms with van der Waals surface area (Å²) in [5.41, 5.74) is 2.01. The highest BCUT2D eigenvalue weighted by molar-refractivity contribution is 5.79. The fourth-order valence-corrected chi connectivity index (χ4v) is 0.866. The summed E-state index contributed by atoms with van der Waals surface area (Å²) >= 11 is 0. The lowest BCUT2D eigenvalue weighted by Gasteiger charge is -1.94. The van der Waals surface area contributed by atoms with Gasteiger partial charge in [0.05, 0.1) is 0 Å². The Labute approximate surface area is 74.2 Å². The van der Waals surface area contributed by atoms with Crippen LogP contribution in [0.4, 0.5) is 0 Å². The Balaban J connectivity index is 4.46. The third-order valence-corrected chi connectivity index (χ3v) is 1.30. The third kappa shape index (κ3) is 4.50. The number of hydrogen-bond donors (Lipinski definition) is 2. The molecule has 2 heteroatoms. The minimum atomic E-state index is 0.869. The molecule has 0 saturated heterocycles. The smallest absolute Gasteiger partial charge is 0.0264 e. The molecule has 0 aliphatic heterocycles. The molecule has 0 bridgehead atoms. The Morgan fingerprint density at radius 1 is 1.42 bits per heavy atom. The predicted octanol–water partition coefficient (Wildman–Crippen LogP) is 2.26. The molecule has 0 heterocycles. The van der Waals surface area contributed by atoms with Gasteiger partial charge in [-0.15, -0.1) is 0 Å². The molecule has 0 aromatic heterocycles. The van der Waals surface area contributed by atoms with Crippen LogP contribution in [0.1, 0.15) is 13.8 Å². The van der Waals surface area contributed by atoms with Crippen molar-refractivity contribution in [1.82, 2.24) is 5.32 Å². The second-order valence-corrected chi connectivity index (χ2v) is 2.47. The summed E-state index contributed by atoms with van der Waals surface area (Å²) < 4.78 is 0. The van der Waals surface area contributed by atoms with Crippen LogP contribution in [0.5, 0.6) is 0 Å². The number of nitrogens with one attached hydrogen (secondary N) is 2. The average Bonchev–Trinajstić information content (AvgIpc) is 2.04. The van der Waals surface area contributed by atoms with E-state index in [4.69, 9.17) is 5.41 Å². The van der Waals surface area contributed by atoms with Crippen LogP contribution in [-0.4, -0.2) is 13.3 Å². The Bertz CT molecular complexity index is 222. The molecule has 0 aliphatic rings. The van der Waals surface area contributed by atoms with Gasteiger partial charge in [0.15, 0.2) is 0 Å². The maximum Gasteiger partial charge on any atom is 0.0264 e. The van der Waals surface area contributed by atoms with E-state index < -0.39 is 0 Å². The standard InChI is InChI=1S/C10H16N2/c1-4-5-9(2)6-10(7-11)8-12-3/h4-8,11-12H,1-3H3/b5-4-,9-6-,10-8-,11-7?. The van der Waals surface area contributed by atoms with Crippen LogP contribution < -0.4 is 5.32 Å². The van der Waals surface area contributed by atoms with E-state index in [1.807, 2.05) is 39.1 Å². The van der Waals surface area contributed by atoms with E-state index in [1.54, 1.807) is 6.20 Å². The van der Waals surface area contributed by atoms with Crippen molar-refractivity contribution in [2.75, 3.05) is 7.05 Å². The van der Waals surface area contributed by atoms with Crippen LogP contribution in [0.25, 0.3) is 0 Å². The van der Waals surface area contributed by atoms with Crippen molar-refractivity contribution in [3.05, 3.63) is 35.6 Å². The highest BCUT2D eigenvalue weighted by atomic mass is 14.8. The fourth-order valence-electron chi connectivity index (χ4n) is 0.866. The van der Waals surface area contributed by atoms with Crippen molar-refractivity contribution in [2.45, 2.75) is 13.8 Å². The first kappa shape index (κ1) is 10.7. The average molecular weight is 164 g/mol. The van der Waals surface area contributed by atoms with Gasteiger partial charge in [0.25, 0.3) is 0 Å². The largest absolute Gasteiger partial charge is 0.393 e. The van der Waals surface area contributed by atoms with Crippen molar-refractivity contribution in [2.24, 2.45) is 0 Å². The summed E-state index contributed by atoms with van der Waals surface area (Å²) in [5, 5.41) is 9.97. The van der Waals surface area contributed by atoms with Gasteiger partial charge in [-0.1, -0.05) is 17.7 Å². The molecular formula is C10H16N2. The SMILES string of the molecule is C\C=C/C(C)=C\C(C=N)=C\NC. The second kappa shape index (κ2) is 6.40. The van der Waals surface area contributed by atoms with Crippen LogP contribution in [-0.2, 0) is 0 Å². The summed E-state index contributed by atoms with van der Waals surface area (Å²) in [5.74, 6) is 0. The van der Waals surface area contributed by atoms with Gasteiger partial charge in [-0.25, -0.2) is 0 Å². The molecule has 0 radical (unpaired) electrons. The van der Waals surface area contributed by atoms with Crippen molar-refractivity contribution >= 4 is 6.21 Å². The molecule has 0 saturated carbocycles. The van der Waals surface area contributed by atoms with E-state index in [-0.39, 0.29) is 0 Å². The zero-order valence-electron chi connectivity index (χ0n) is 7.89. The summed E-state index contributed by atoms with van der Waals surface area (Å²) in [6.07, 6.45) is 9.05. The molecule has 2 nitrogen and oxygen atoms in total. The zero-order chi connectivity index (χ0) is 9.40. The van der Waals surface area contributed by atoms with Gasteiger partial charge in [-0.2, -0.15) is 0 Å². The molecule has 0 aliphatic carbocycles. The van der Waals surface area contributed by atoms with E-state index in [9.17, 15) is 0 Å². The normalized spacial score (nSPS) is 13.6. The maximum absolute atomic E-state index is 7.09. The quantitative estimate of drug-likeness (QED) is 0.485. The summed E-state index contributed by atoms with van der Waals surface area (Å²) in [7, 11) is 1.82. The van der Waals surface area contributed by atoms with Crippen LogP contribution in [0.15, 0.2) is 35.6 Å². The van der Waals surface area contributed by atoms with Crippen LogP contribution in [0.3, 0.4) is 0 Å². The molecular weight excluding hydrogens is 148 g/mol. The topological polar surface area (TPSA) is 35.9 Å². The molecule has 12 heavy (non-hydrogen) atoms. The van der Waals surface area contributed by atoms with Crippen molar-refractivity contribution < 1.29 is 0 Å². The minimum Gasteiger partial charge on any atom is -0.393 e. The monoisotopic (exact) mass is 164 g/mol. The van der Waals surface area contributed by atoms with Gasteiger partial charge in [-0.05, 0) is 19.9 Å². The number of allylic oxidation sites excluding steroid dienone is 5. The summed E-state index contributed by atoms with van der Waals surface area (Å²) in [4.78, 5) is 0. The third-order valence-electron chi connectivity index (χ3n) is 1.30. The molecule has 0 aromatic rings. The minimum absolute atomic E-state index is 0.869. The van der Waals surface area contributed by atoms with Crippen molar-refractivity contribution in [3.8, 4) is 0 Å².